The van der Waals surface area contributed by atoms with Gasteiger partial charge in [-0.3, -0.25) is 0 Å². The second-order valence-corrected chi connectivity index (χ2v) is 6.63. The van der Waals surface area contributed by atoms with E-state index in [2.05, 4.69) is 14.5 Å². The van der Waals surface area contributed by atoms with Crippen LogP contribution in [0.5, 0.6) is 5.75 Å². The quantitative estimate of drug-likeness (QED) is 0.366. The molecule has 0 aliphatic carbocycles. The molecule has 0 bridgehead atoms. The van der Waals surface area contributed by atoms with E-state index in [0.717, 1.165) is 54.8 Å². The number of fused-ring (bicyclic) bond motifs is 1. The van der Waals surface area contributed by atoms with Crippen molar-refractivity contribution >= 4 is 23.3 Å². The van der Waals surface area contributed by atoms with Crippen molar-refractivity contribution in [3.63, 3.8) is 0 Å². The molecule has 0 amide bonds. The molecule has 0 atom stereocenters. The van der Waals surface area contributed by atoms with Crippen molar-refractivity contribution in [2.24, 2.45) is 0 Å². The van der Waals surface area contributed by atoms with Crippen molar-refractivity contribution in [2.45, 2.75) is 25.8 Å². The number of para-hydroxylation sites is 2. The Morgan fingerprint density at radius 3 is 2.68 bits per heavy atom. The van der Waals surface area contributed by atoms with Gasteiger partial charge in [-0.25, -0.2) is 9.97 Å². The van der Waals surface area contributed by atoms with Crippen LogP contribution in [0.4, 0.5) is 0 Å². The molecular weight excluding hydrogens is 350 g/mol. The first-order chi connectivity index (χ1) is 13.9. The first-order valence-electron chi connectivity index (χ1n) is 9.59. The van der Waals surface area contributed by atoms with E-state index in [9.17, 15) is 0 Å². The summed E-state index contributed by atoms with van der Waals surface area (Å²) in [5.41, 5.74) is 2.75. The molecule has 0 saturated heterocycles. The number of oxazole rings is 1. The molecule has 2 aromatic heterocycles. The highest BCUT2D eigenvalue weighted by Crippen LogP contribution is 2.18. The Balaban J connectivity index is 1.21. The minimum absolute atomic E-state index is 0.609. The second kappa shape index (κ2) is 9.04. The zero-order valence-corrected chi connectivity index (χ0v) is 15.7. The van der Waals surface area contributed by atoms with Gasteiger partial charge in [0.1, 0.15) is 11.3 Å². The summed E-state index contributed by atoms with van der Waals surface area (Å²) in [6.07, 6.45) is 12.9. The molecule has 0 saturated carbocycles. The number of unbranched alkanes of at least 4 members (excludes halogenated alkanes) is 2. The average Bonchev–Trinajstić information content (AvgIpc) is 3.39. The molecule has 5 heteroatoms. The van der Waals surface area contributed by atoms with Crippen LogP contribution in [0.25, 0.3) is 23.3 Å². The van der Waals surface area contributed by atoms with E-state index >= 15 is 0 Å². The van der Waals surface area contributed by atoms with Gasteiger partial charge in [-0.2, -0.15) is 0 Å². The van der Waals surface area contributed by atoms with Crippen LogP contribution < -0.4 is 4.74 Å². The van der Waals surface area contributed by atoms with Gasteiger partial charge in [-0.05, 0) is 55.2 Å². The molecule has 0 aliphatic rings. The fraction of sp³-hybridized carbons (Fsp3) is 0.217. The van der Waals surface area contributed by atoms with Crippen molar-refractivity contribution < 1.29 is 9.15 Å². The van der Waals surface area contributed by atoms with Gasteiger partial charge in [0.2, 0.25) is 5.89 Å². The van der Waals surface area contributed by atoms with Crippen molar-refractivity contribution in [3.05, 3.63) is 78.7 Å². The predicted octanol–water partition coefficient (Wildman–Crippen LogP) is 5.44. The van der Waals surface area contributed by atoms with Crippen LogP contribution in [-0.4, -0.2) is 21.1 Å². The van der Waals surface area contributed by atoms with Crippen molar-refractivity contribution in [3.8, 4) is 5.75 Å². The number of hydrogen-bond acceptors (Lipinski definition) is 4. The molecule has 5 nitrogen and oxygen atoms in total. The number of benzene rings is 2. The first kappa shape index (κ1) is 18.0. The monoisotopic (exact) mass is 373 g/mol. The highest BCUT2D eigenvalue weighted by Gasteiger charge is 2.01. The molecule has 4 rings (SSSR count). The normalized spacial score (nSPS) is 11.4. The zero-order chi connectivity index (χ0) is 19.0. The van der Waals surface area contributed by atoms with Gasteiger partial charge in [0.15, 0.2) is 5.58 Å². The Morgan fingerprint density at radius 1 is 0.964 bits per heavy atom. The number of nitrogens with zero attached hydrogens (tertiary/aromatic N) is 3. The van der Waals surface area contributed by atoms with Crippen LogP contribution in [0.3, 0.4) is 0 Å². The molecular formula is C23H23N3O2. The zero-order valence-electron chi connectivity index (χ0n) is 15.7. The molecule has 0 radical (unpaired) electrons. The first-order valence-corrected chi connectivity index (χ1v) is 9.59. The minimum Gasteiger partial charge on any atom is -0.494 e. The minimum atomic E-state index is 0.609. The highest BCUT2D eigenvalue weighted by molar-refractivity contribution is 5.75. The molecule has 0 fully saturated rings. The van der Waals surface area contributed by atoms with Crippen LogP contribution in [0.1, 0.15) is 30.7 Å². The summed E-state index contributed by atoms with van der Waals surface area (Å²) in [4.78, 5) is 8.49. The topological polar surface area (TPSA) is 53.1 Å². The lowest BCUT2D eigenvalue weighted by atomic mass is 10.2. The SMILES string of the molecule is C(=C\c1nc2ccccc2o1)/c1ccc(OCCCCCn2ccnc2)cc1. The standard InChI is InChI=1S/C23H23N3O2/c1(4-15-26-16-14-24-18-26)5-17-27-20-11-8-19(9-12-20)10-13-23-25-21-6-2-3-7-22(21)28-23/h2-3,6-14,16,18H,1,4-5,15,17H2/b13-10+. The van der Waals surface area contributed by atoms with Crippen LogP contribution in [0.15, 0.2) is 71.7 Å². The molecule has 0 N–H and O–H groups in total. The Kier molecular flexibility index (Phi) is 5.83. The summed E-state index contributed by atoms with van der Waals surface area (Å²) >= 11 is 0. The summed E-state index contributed by atoms with van der Waals surface area (Å²) in [6.45, 7) is 1.75. The fourth-order valence-electron chi connectivity index (χ4n) is 2.99. The van der Waals surface area contributed by atoms with Crippen molar-refractivity contribution in [2.75, 3.05) is 6.61 Å². The Morgan fingerprint density at radius 2 is 1.86 bits per heavy atom. The maximum atomic E-state index is 5.83. The number of hydrogen-bond donors (Lipinski definition) is 0. The number of aromatic nitrogens is 3. The van der Waals surface area contributed by atoms with E-state index in [1.807, 2.05) is 79.4 Å². The maximum absolute atomic E-state index is 5.83. The summed E-state index contributed by atoms with van der Waals surface area (Å²) < 4.78 is 13.6. The van der Waals surface area contributed by atoms with Gasteiger partial charge >= 0.3 is 0 Å². The number of rotatable bonds is 9. The Bertz CT molecular complexity index is 985. The third-order valence-corrected chi connectivity index (χ3v) is 4.50. The molecule has 0 spiro atoms. The molecule has 2 heterocycles. The van der Waals surface area contributed by atoms with Gasteiger partial charge in [-0.15, -0.1) is 0 Å². The average molecular weight is 373 g/mol. The maximum Gasteiger partial charge on any atom is 0.220 e. The Hall–Kier alpha value is -3.34. The van der Waals surface area contributed by atoms with Crippen molar-refractivity contribution in [1.29, 1.82) is 0 Å². The third-order valence-electron chi connectivity index (χ3n) is 4.50. The summed E-state index contributed by atoms with van der Waals surface area (Å²) in [6, 6.07) is 15.8. The lowest BCUT2D eigenvalue weighted by Gasteiger charge is -2.06. The van der Waals surface area contributed by atoms with Gasteiger partial charge in [0, 0.05) is 25.0 Å². The van der Waals surface area contributed by atoms with E-state index < -0.39 is 0 Å². The van der Waals surface area contributed by atoms with E-state index in [1.165, 1.54) is 0 Å². The summed E-state index contributed by atoms with van der Waals surface area (Å²) in [5.74, 6) is 1.51. The molecule has 2 aromatic carbocycles. The van der Waals surface area contributed by atoms with E-state index in [0.29, 0.717) is 5.89 Å². The number of imidazole rings is 1. The summed E-state index contributed by atoms with van der Waals surface area (Å²) in [7, 11) is 0. The summed E-state index contributed by atoms with van der Waals surface area (Å²) in [5, 5.41) is 0. The predicted molar refractivity (Wildman–Crippen MR) is 111 cm³/mol. The number of ether oxygens (including phenoxy) is 1. The molecule has 0 aliphatic heterocycles. The van der Waals surface area contributed by atoms with E-state index in [1.54, 1.807) is 0 Å². The lowest BCUT2D eigenvalue weighted by molar-refractivity contribution is 0.304. The van der Waals surface area contributed by atoms with Crippen LogP contribution in [0, 0.1) is 0 Å². The largest absolute Gasteiger partial charge is 0.494 e. The fourth-order valence-corrected chi connectivity index (χ4v) is 2.99. The number of aryl methyl sites for hydroxylation is 1. The van der Waals surface area contributed by atoms with Gasteiger partial charge < -0.3 is 13.7 Å². The molecule has 4 aromatic rings. The lowest BCUT2D eigenvalue weighted by Crippen LogP contribution is -1.99. The molecule has 0 unspecified atom stereocenters. The molecule has 142 valence electrons. The van der Waals surface area contributed by atoms with Gasteiger partial charge in [-0.1, -0.05) is 24.3 Å². The van der Waals surface area contributed by atoms with Gasteiger partial charge in [0.25, 0.3) is 0 Å². The van der Waals surface area contributed by atoms with E-state index in [4.69, 9.17) is 9.15 Å². The third kappa shape index (κ3) is 4.88. The smallest absolute Gasteiger partial charge is 0.220 e. The second-order valence-electron chi connectivity index (χ2n) is 6.63. The van der Waals surface area contributed by atoms with Crippen LogP contribution >= 0.6 is 0 Å². The highest BCUT2D eigenvalue weighted by atomic mass is 16.5. The van der Waals surface area contributed by atoms with Crippen LogP contribution in [-0.2, 0) is 6.54 Å². The van der Waals surface area contributed by atoms with Crippen molar-refractivity contribution in [1.82, 2.24) is 14.5 Å². The van der Waals surface area contributed by atoms with Gasteiger partial charge in [0.05, 0.1) is 12.9 Å². The Labute approximate surface area is 164 Å². The molecule has 28 heavy (non-hydrogen) atoms. The van der Waals surface area contributed by atoms with E-state index in [-0.39, 0.29) is 0 Å². The van der Waals surface area contributed by atoms with Crippen LogP contribution in [0.2, 0.25) is 0 Å².